The number of rotatable bonds is 42. The van der Waals surface area contributed by atoms with Gasteiger partial charge in [0.1, 0.15) is 13.2 Å². The number of ether oxygens (including phenoxy) is 3. The van der Waals surface area contributed by atoms with Gasteiger partial charge in [-0.05, 0) is 89.9 Å². The molecule has 0 bridgehead atoms. The predicted molar refractivity (Wildman–Crippen MR) is 256 cm³/mol. The molecule has 0 radical (unpaired) electrons. The van der Waals surface area contributed by atoms with Crippen LogP contribution in [0.15, 0.2) is 97.2 Å². The molecule has 0 aromatic carbocycles. The third-order valence-corrected chi connectivity index (χ3v) is 9.87. The molecular weight excluding hydrogens is 745 g/mol. The quantitative estimate of drug-likeness (QED) is 0.0200. The van der Waals surface area contributed by atoms with E-state index in [0.29, 0.717) is 19.3 Å². The van der Waals surface area contributed by atoms with Gasteiger partial charge in [-0.2, -0.15) is 0 Å². The summed E-state index contributed by atoms with van der Waals surface area (Å²) in [5.74, 6) is -1.08. The van der Waals surface area contributed by atoms with Crippen LogP contribution < -0.4 is 0 Å². The van der Waals surface area contributed by atoms with Crippen molar-refractivity contribution in [3.63, 3.8) is 0 Å². The van der Waals surface area contributed by atoms with E-state index in [4.69, 9.17) is 14.2 Å². The molecule has 0 aromatic heterocycles. The van der Waals surface area contributed by atoms with E-state index in [9.17, 15) is 14.4 Å². The van der Waals surface area contributed by atoms with Crippen molar-refractivity contribution >= 4 is 17.9 Å². The molecule has 6 heteroatoms. The number of allylic oxidation sites excluding steroid dienone is 16. The van der Waals surface area contributed by atoms with E-state index in [2.05, 4.69) is 112 Å². The van der Waals surface area contributed by atoms with E-state index >= 15 is 0 Å². The van der Waals surface area contributed by atoms with E-state index in [1.807, 2.05) is 6.08 Å². The SMILES string of the molecule is CC/C=C\C/C=C\C/C=C\CCCC(=O)OCC(COC(=O)CCCCCCC\C=C/C=C\C=C/CCCCCCC)OC(=O)CC/C=C\C/C=C\CCCCCCCC. The number of hydrogen-bond donors (Lipinski definition) is 0. The van der Waals surface area contributed by atoms with Crippen LogP contribution in [0.2, 0.25) is 0 Å². The van der Waals surface area contributed by atoms with Crippen LogP contribution in [-0.2, 0) is 28.6 Å². The molecule has 0 fully saturated rings. The van der Waals surface area contributed by atoms with Gasteiger partial charge >= 0.3 is 17.9 Å². The van der Waals surface area contributed by atoms with E-state index in [1.165, 1.54) is 70.6 Å². The van der Waals surface area contributed by atoms with E-state index in [-0.39, 0.29) is 38.0 Å². The number of unbranched alkanes of at least 4 members (excludes halogenated alkanes) is 17. The average Bonchev–Trinajstić information content (AvgIpc) is 3.24. The van der Waals surface area contributed by atoms with Crippen LogP contribution in [0.4, 0.5) is 0 Å². The molecule has 1 atom stereocenters. The second-order valence-electron chi connectivity index (χ2n) is 15.7. The Morgan fingerprint density at radius 3 is 1.28 bits per heavy atom. The summed E-state index contributed by atoms with van der Waals surface area (Å²) in [5.41, 5.74) is 0. The zero-order valence-electron chi connectivity index (χ0n) is 38.7. The lowest BCUT2D eigenvalue weighted by molar-refractivity contribution is -0.166. The zero-order chi connectivity index (χ0) is 43.7. The molecule has 0 aliphatic carbocycles. The number of carbonyl (C=O) groups is 3. The molecule has 0 saturated heterocycles. The van der Waals surface area contributed by atoms with Gasteiger partial charge in [0.05, 0.1) is 0 Å². The average molecular weight is 833 g/mol. The first-order valence-corrected chi connectivity index (χ1v) is 24.3. The van der Waals surface area contributed by atoms with E-state index < -0.39 is 12.1 Å². The minimum Gasteiger partial charge on any atom is -0.462 e. The second-order valence-corrected chi connectivity index (χ2v) is 15.7. The monoisotopic (exact) mass is 833 g/mol. The molecular formula is C54H88O6. The Labute approximate surface area is 368 Å². The number of hydrogen-bond acceptors (Lipinski definition) is 6. The molecule has 6 nitrogen and oxygen atoms in total. The number of esters is 3. The van der Waals surface area contributed by atoms with Gasteiger partial charge in [-0.25, -0.2) is 0 Å². The van der Waals surface area contributed by atoms with Gasteiger partial charge < -0.3 is 14.2 Å². The van der Waals surface area contributed by atoms with Crippen LogP contribution in [0, 0.1) is 0 Å². The van der Waals surface area contributed by atoms with Crippen molar-refractivity contribution in [3.8, 4) is 0 Å². The van der Waals surface area contributed by atoms with Crippen LogP contribution in [-0.4, -0.2) is 37.2 Å². The Morgan fingerprint density at radius 1 is 0.367 bits per heavy atom. The van der Waals surface area contributed by atoms with E-state index in [1.54, 1.807) is 0 Å². The first-order valence-electron chi connectivity index (χ1n) is 24.3. The van der Waals surface area contributed by atoms with Crippen molar-refractivity contribution in [3.05, 3.63) is 97.2 Å². The zero-order valence-corrected chi connectivity index (χ0v) is 38.7. The van der Waals surface area contributed by atoms with Crippen LogP contribution in [0.25, 0.3) is 0 Å². The van der Waals surface area contributed by atoms with Gasteiger partial charge in [0, 0.05) is 19.3 Å². The summed E-state index contributed by atoms with van der Waals surface area (Å²) >= 11 is 0. The molecule has 0 aliphatic rings. The van der Waals surface area contributed by atoms with Gasteiger partial charge in [0.15, 0.2) is 6.10 Å². The van der Waals surface area contributed by atoms with E-state index in [0.717, 1.165) is 83.5 Å². The van der Waals surface area contributed by atoms with Crippen molar-refractivity contribution in [1.82, 2.24) is 0 Å². The molecule has 340 valence electrons. The number of carbonyl (C=O) groups excluding carboxylic acids is 3. The van der Waals surface area contributed by atoms with Gasteiger partial charge in [-0.15, -0.1) is 0 Å². The summed E-state index contributed by atoms with van der Waals surface area (Å²) in [4.78, 5) is 37.8. The Morgan fingerprint density at radius 2 is 0.767 bits per heavy atom. The lowest BCUT2D eigenvalue weighted by Crippen LogP contribution is -2.30. The summed E-state index contributed by atoms with van der Waals surface area (Å²) in [6.45, 7) is 6.36. The fourth-order valence-electron chi connectivity index (χ4n) is 6.22. The van der Waals surface area contributed by atoms with Crippen LogP contribution in [0.3, 0.4) is 0 Å². The molecule has 0 aromatic rings. The third kappa shape index (κ3) is 45.4. The third-order valence-electron chi connectivity index (χ3n) is 9.87. The van der Waals surface area contributed by atoms with Crippen molar-refractivity contribution in [2.75, 3.05) is 13.2 Å². The highest BCUT2D eigenvalue weighted by atomic mass is 16.6. The van der Waals surface area contributed by atoms with Crippen LogP contribution in [0.5, 0.6) is 0 Å². The maximum absolute atomic E-state index is 12.7. The minimum atomic E-state index is -0.836. The van der Waals surface area contributed by atoms with Gasteiger partial charge in [-0.1, -0.05) is 195 Å². The Kier molecular flexibility index (Phi) is 45.1. The van der Waals surface area contributed by atoms with Crippen molar-refractivity contribution < 1.29 is 28.6 Å². The molecule has 0 aliphatic heterocycles. The molecule has 0 amide bonds. The molecule has 0 N–H and O–H groups in total. The maximum Gasteiger partial charge on any atom is 0.306 e. The van der Waals surface area contributed by atoms with Crippen LogP contribution >= 0.6 is 0 Å². The van der Waals surface area contributed by atoms with Crippen molar-refractivity contribution in [2.45, 2.75) is 213 Å². The predicted octanol–water partition coefficient (Wildman–Crippen LogP) is 15.8. The molecule has 0 spiro atoms. The molecule has 0 saturated carbocycles. The molecule has 1 unspecified atom stereocenters. The Bertz CT molecular complexity index is 1230. The summed E-state index contributed by atoms with van der Waals surface area (Å²) < 4.78 is 16.6. The largest absolute Gasteiger partial charge is 0.462 e. The maximum atomic E-state index is 12.7. The summed E-state index contributed by atoms with van der Waals surface area (Å²) in [6.07, 6.45) is 62.7. The topological polar surface area (TPSA) is 78.9 Å². The lowest BCUT2D eigenvalue weighted by atomic mass is 10.1. The van der Waals surface area contributed by atoms with Gasteiger partial charge in [0.25, 0.3) is 0 Å². The normalized spacial score (nSPS) is 12.9. The van der Waals surface area contributed by atoms with Crippen molar-refractivity contribution in [1.29, 1.82) is 0 Å². The summed E-state index contributed by atoms with van der Waals surface area (Å²) in [7, 11) is 0. The highest BCUT2D eigenvalue weighted by Crippen LogP contribution is 2.11. The second kappa shape index (κ2) is 48.0. The van der Waals surface area contributed by atoms with Crippen LogP contribution in [0.1, 0.15) is 207 Å². The Hall–Kier alpha value is -3.67. The lowest BCUT2D eigenvalue weighted by Gasteiger charge is -2.18. The Balaban J connectivity index is 4.53. The standard InChI is InChI=1S/C54H88O6/c1-4-7-10-13-16-19-22-24-25-26-27-28-30-32-35-38-41-44-47-53(56)59-50-51(49-58-52(55)46-43-40-37-34-31-21-18-15-12-9-6-3)60-54(57)48-45-42-39-36-33-29-23-20-17-14-11-8-5-2/h9,12,18,21-22,24-29,33-34,37,39,42,51H,4-8,10-11,13-17,19-20,23,30-32,35-36,38,40-41,43-50H2,1-3H3/b12-9-,21-18-,24-22-,26-25-,28-27-,33-29-,37-34-,42-39-. The first-order chi connectivity index (χ1) is 29.5. The first kappa shape index (κ1) is 56.3. The smallest absolute Gasteiger partial charge is 0.306 e. The fraction of sp³-hybridized carbons (Fsp3) is 0.648. The summed E-state index contributed by atoms with van der Waals surface area (Å²) in [6, 6.07) is 0. The molecule has 60 heavy (non-hydrogen) atoms. The highest BCUT2D eigenvalue weighted by Gasteiger charge is 2.19. The van der Waals surface area contributed by atoms with Gasteiger partial charge in [0.2, 0.25) is 0 Å². The highest BCUT2D eigenvalue weighted by molar-refractivity contribution is 5.71. The van der Waals surface area contributed by atoms with Crippen molar-refractivity contribution in [2.24, 2.45) is 0 Å². The minimum absolute atomic E-state index is 0.128. The molecule has 0 rings (SSSR count). The fourth-order valence-corrected chi connectivity index (χ4v) is 6.22. The summed E-state index contributed by atoms with van der Waals surface area (Å²) in [5, 5.41) is 0. The van der Waals surface area contributed by atoms with Gasteiger partial charge in [-0.3, -0.25) is 14.4 Å². The molecule has 0 heterocycles.